The summed E-state index contributed by atoms with van der Waals surface area (Å²) in [4.78, 5) is 25.2. The van der Waals surface area contributed by atoms with E-state index in [0.717, 1.165) is 0 Å². The van der Waals surface area contributed by atoms with Crippen molar-refractivity contribution in [3.63, 3.8) is 0 Å². The van der Waals surface area contributed by atoms with E-state index in [1.54, 1.807) is 13.8 Å². The minimum atomic E-state index is -6.13. The summed E-state index contributed by atoms with van der Waals surface area (Å²) >= 11 is 0. The summed E-state index contributed by atoms with van der Waals surface area (Å²) < 4.78 is 145. The molecule has 0 aliphatic heterocycles. The van der Waals surface area contributed by atoms with Gasteiger partial charge < -0.3 is 14.4 Å². The summed E-state index contributed by atoms with van der Waals surface area (Å²) in [7, 11) is -6.13. The Morgan fingerprint density at radius 2 is 1.40 bits per heavy atom. The summed E-state index contributed by atoms with van der Waals surface area (Å²) in [6.45, 7) is 2.69. The first kappa shape index (κ1) is 33.0. The van der Waals surface area contributed by atoms with Crippen LogP contribution in [0.15, 0.2) is 12.2 Å². The van der Waals surface area contributed by atoms with Crippen LogP contribution in [0.4, 0.5) is 35.1 Å². The van der Waals surface area contributed by atoms with Crippen molar-refractivity contribution in [1.82, 2.24) is 4.90 Å². The molecule has 0 spiro atoms. The van der Waals surface area contributed by atoms with E-state index in [-0.39, 0.29) is 12.8 Å². The number of nitrogens with zero attached hydrogens (tertiary/aromatic N) is 1. The average Bonchev–Trinajstić information content (AvgIpc) is 2.69. The van der Waals surface area contributed by atoms with E-state index in [4.69, 9.17) is 4.55 Å². The highest BCUT2D eigenvalue weighted by Gasteiger charge is 2.68. The Labute approximate surface area is 196 Å². The SMILES string of the molecule is C=C(C(=O)OC(OCCC(F)(F)S(=O)(=O)O)(C(=O)N(CCCC)CCCC)C(F)(F)F)C(F)(F)F. The standard InChI is InChI=1S/C18H25F8NO7S/c1-4-6-9-27(10-7-5-2)14(29)16(18(24,25)26,34-13(28)12(3)17(21,22)23)33-11-8-15(19,20)35(30,31)32/h3-11H2,1-2H3,(H,30,31,32). The molecule has 17 heteroatoms. The van der Waals surface area contributed by atoms with Gasteiger partial charge in [-0.1, -0.05) is 33.3 Å². The summed E-state index contributed by atoms with van der Waals surface area (Å²) in [5.41, 5.74) is -2.46. The Hall–Kier alpha value is -2.01. The molecule has 8 nitrogen and oxygen atoms in total. The molecule has 0 bridgehead atoms. The third-order valence-electron chi connectivity index (χ3n) is 4.41. The molecular weight excluding hydrogens is 526 g/mol. The molecule has 0 aromatic carbocycles. The van der Waals surface area contributed by atoms with Crippen LogP contribution in [0.5, 0.6) is 0 Å². The fraction of sp³-hybridized carbons (Fsp3) is 0.778. The first-order valence-electron chi connectivity index (χ1n) is 10.0. The highest BCUT2D eigenvalue weighted by molar-refractivity contribution is 7.86. The Kier molecular flexibility index (Phi) is 11.6. The summed E-state index contributed by atoms with van der Waals surface area (Å²) in [6.07, 6.45) is -13.0. The number of esters is 1. The van der Waals surface area contributed by atoms with Gasteiger partial charge in [0.05, 0.1) is 13.0 Å². The molecule has 0 radical (unpaired) electrons. The number of hydrogen-bond donors (Lipinski definition) is 1. The van der Waals surface area contributed by atoms with Crippen LogP contribution >= 0.6 is 0 Å². The zero-order chi connectivity index (χ0) is 27.9. The number of hydrogen-bond acceptors (Lipinski definition) is 6. The van der Waals surface area contributed by atoms with Gasteiger partial charge in [0.1, 0.15) is 5.57 Å². The van der Waals surface area contributed by atoms with Crippen LogP contribution in [0.2, 0.25) is 0 Å². The lowest BCUT2D eigenvalue weighted by Gasteiger charge is -2.37. The van der Waals surface area contributed by atoms with E-state index in [9.17, 15) is 53.1 Å². The molecule has 0 fully saturated rings. The highest BCUT2D eigenvalue weighted by Crippen LogP contribution is 2.40. The molecule has 1 N–H and O–H groups in total. The minimum Gasteiger partial charge on any atom is -0.412 e. The number of ether oxygens (including phenoxy) is 2. The quantitative estimate of drug-likeness (QED) is 0.113. The van der Waals surface area contributed by atoms with Gasteiger partial charge in [-0.3, -0.25) is 9.35 Å². The van der Waals surface area contributed by atoms with Crippen molar-refractivity contribution in [2.24, 2.45) is 0 Å². The van der Waals surface area contributed by atoms with E-state index >= 15 is 0 Å². The third-order valence-corrected chi connectivity index (χ3v) is 5.36. The molecule has 35 heavy (non-hydrogen) atoms. The van der Waals surface area contributed by atoms with E-state index in [1.807, 2.05) is 0 Å². The molecule has 0 aliphatic carbocycles. The van der Waals surface area contributed by atoms with Crippen LogP contribution in [-0.4, -0.2) is 72.8 Å². The van der Waals surface area contributed by atoms with Crippen molar-refractivity contribution >= 4 is 22.0 Å². The lowest BCUT2D eigenvalue weighted by molar-refractivity contribution is -0.352. The van der Waals surface area contributed by atoms with E-state index in [2.05, 4.69) is 16.1 Å². The largest absolute Gasteiger partial charge is 0.466 e. The molecule has 1 atom stereocenters. The maximum absolute atomic E-state index is 14.1. The zero-order valence-corrected chi connectivity index (χ0v) is 19.5. The fourth-order valence-electron chi connectivity index (χ4n) is 2.37. The van der Waals surface area contributed by atoms with Gasteiger partial charge in [0.15, 0.2) is 0 Å². The Bertz CT molecular complexity index is 850. The van der Waals surface area contributed by atoms with Crippen LogP contribution in [0.1, 0.15) is 46.0 Å². The number of amides is 1. The van der Waals surface area contributed by atoms with Crippen molar-refractivity contribution in [1.29, 1.82) is 0 Å². The van der Waals surface area contributed by atoms with Gasteiger partial charge in [-0.05, 0) is 12.8 Å². The van der Waals surface area contributed by atoms with Crippen molar-refractivity contribution in [2.45, 2.75) is 69.3 Å². The first-order chi connectivity index (χ1) is 15.7. The Morgan fingerprint density at radius 1 is 0.943 bits per heavy atom. The van der Waals surface area contributed by atoms with Crippen LogP contribution in [-0.2, 0) is 29.2 Å². The van der Waals surface area contributed by atoms with Gasteiger partial charge >= 0.3 is 45.4 Å². The molecule has 1 unspecified atom stereocenters. The third kappa shape index (κ3) is 8.86. The first-order valence-corrected chi connectivity index (χ1v) is 11.5. The van der Waals surface area contributed by atoms with Crippen LogP contribution in [0.25, 0.3) is 0 Å². The number of alkyl halides is 8. The number of rotatable bonds is 14. The second-order valence-corrected chi connectivity index (χ2v) is 8.74. The molecular formula is C18H25F8NO7S. The summed E-state index contributed by atoms with van der Waals surface area (Å²) in [6, 6.07) is 0. The van der Waals surface area contributed by atoms with Crippen molar-refractivity contribution in [2.75, 3.05) is 19.7 Å². The molecule has 0 aromatic heterocycles. The number of carbonyl (C=O) groups is 2. The molecule has 0 aliphatic rings. The van der Waals surface area contributed by atoms with Gasteiger partial charge in [-0.25, -0.2) is 4.79 Å². The maximum atomic E-state index is 14.1. The van der Waals surface area contributed by atoms with Crippen LogP contribution in [0.3, 0.4) is 0 Å². The Balaban J connectivity index is 6.53. The van der Waals surface area contributed by atoms with Gasteiger partial charge in [0.25, 0.3) is 0 Å². The van der Waals surface area contributed by atoms with Gasteiger partial charge in [0, 0.05) is 13.1 Å². The van der Waals surface area contributed by atoms with Gasteiger partial charge in [0.2, 0.25) is 0 Å². The topological polar surface area (TPSA) is 110 Å². The predicted molar refractivity (Wildman–Crippen MR) is 104 cm³/mol. The highest BCUT2D eigenvalue weighted by atomic mass is 32.2. The van der Waals surface area contributed by atoms with E-state index < -0.39 is 77.1 Å². The molecule has 0 saturated heterocycles. The monoisotopic (exact) mass is 551 g/mol. The number of unbranched alkanes of at least 4 members (excludes halogenated alkanes) is 2. The lowest BCUT2D eigenvalue weighted by Crippen LogP contribution is -2.63. The molecule has 1 amide bonds. The minimum absolute atomic E-state index is 0.105. The average molecular weight is 551 g/mol. The smallest absolute Gasteiger partial charge is 0.412 e. The van der Waals surface area contributed by atoms with Crippen molar-refractivity contribution in [3.8, 4) is 0 Å². The fourth-order valence-corrected chi connectivity index (χ4v) is 2.71. The lowest BCUT2D eigenvalue weighted by atomic mass is 10.1. The van der Waals surface area contributed by atoms with E-state index in [0.29, 0.717) is 17.7 Å². The van der Waals surface area contributed by atoms with Gasteiger partial charge in [-0.2, -0.15) is 43.5 Å². The van der Waals surface area contributed by atoms with Crippen molar-refractivity contribution in [3.05, 3.63) is 12.2 Å². The summed E-state index contributed by atoms with van der Waals surface area (Å²) in [5, 5.41) is -5.06. The molecule has 0 saturated carbocycles. The predicted octanol–water partition coefficient (Wildman–Crippen LogP) is 4.22. The molecule has 206 valence electrons. The zero-order valence-electron chi connectivity index (χ0n) is 18.6. The second-order valence-electron chi connectivity index (χ2n) is 7.19. The summed E-state index contributed by atoms with van der Waals surface area (Å²) in [5.74, 6) is -9.85. The number of carbonyl (C=O) groups excluding carboxylic acids is 2. The van der Waals surface area contributed by atoms with Crippen molar-refractivity contribution < 1.29 is 67.2 Å². The normalized spacial score (nSPS) is 14.8. The van der Waals surface area contributed by atoms with Crippen LogP contribution < -0.4 is 0 Å². The molecule has 0 aromatic rings. The van der Waals surface area contributed by atoms with Crippen LogP contribution in [0, 0.1) is 0 Å². The Morgan fingerprint density at radius 3 is 1.74 bits per heavy atom. The molecule has 0 rings (SSSR count). The number of halogens is 8. The molecule has 0 heterocycles. The second kappa shape index (κ2) is 12.3. The van der Waals surface area contributed by atoms with Gasteiger partial charge in [-0.15, -0.1) is 0 Å². The van der Waals surface area contributed by atoms with E-state index in [1.165, 1.54) is 0 Å². The maximum Gasteiger partial charge on any atom is 0.466 e.